The van der Waals surface area contributed by atoms with Gasteiger partial charge in [0.25, 0.3) is 0 Å². The van der Waals surface area contributed by atoms with E-state index < -0.39 is 0 Å². The molecule has 0 N–H and O–H groups in total. The van der Waals surface area contributed by atoms with Crippen LogP contribution in [0.15, 0.2) is 48.5 Å². The summed E-state index contributed by atoms with van der Waals surface area (Å²) in [4.78, 5) is 24.6. The van der Waals surface area contributed by atoms with Crippen molar-refractivity contribution in [1.29, 1.82) is 0 Å². The Morgan fingerprint density at radius 3 is 2.59 bits per heavy atom. The summed E-state index contributed by atoms with van der Waals surface area (Å²) in [5.74, 6) is -0.0326. The number of aryl methyl sites for hydroxylation is 1. The lowest BCUT2D eigenvalue weighted by Gasteiger charge is -2.29. The Balaban J connectivity index is 1.87. The van der Waals surface area contributed by atoms with Crippen LogP contribution < -0.4 is 0 Å². The van der Waals surface area contributed by atoms with Crippen molar-refractivity contribution >= 4 is 23.3 Å². The van der Waals surface area contributed by atoms with Crippen LogP contribution in [0.1, 0.15) is 35.2 Å². The summed E-state index contributed by atoms with van der Waals surface area (Å²) in [6.45, 7) is 4.20. The lowest BCUT2D eigenvalue weighted by molar-refractivity contribution is -0.111. The van der Waals surface area contributed by atoms with E-state index in [1.165, 1.54) is 5.56 Å². The van der Waals surface area contributed by atoms with Crippen molar-refractivity contribution in [3.05, 3.63) is 70.9 Å². The number of aldehydes is 1. The number of hydrogen-bond acceptors (Lipinski definition) is 3. The molecule has 0 saturated carbocycles. The minimum absolute atomic E-state index is 0.0630. The van der Waals surface area contributed by atoms with E-state index >= 15 is 0 Å². The monoisotopic (exact) mass is 361 g/mol. The lowest BCUT2D eigenvalue weighted by Crippen LogP contribution is -2.27. The quantitative estimate of drug-likeness (QED) is 0.638. The molecule has 2 aromatic carbocycles. The average Bonchev–Trinajstić information content (AvgIpc) is 3.01. The largest absolute Gasteiger partial charge is 0.449 e. The third-order valence-electron chi connectivity index (χ3n) is 5.59. The number of nitrogens with zero attached hydrogens (tertiary/aromatic N) is 1. The first-order valence-electron chi connectivity index (χ1n) is 9.44. The molecule has 0 aliphatic heterocycles. The van der Waals surface area contributed by atoms with Crippen molar-refractivity contribution in [3.63, 3.8) is 0 Å². The summed E-state index contributed by atoms with van der Waals surface area (Å²) in [7, 11) is 0. The maximum atomic E-state index is 12.7. The third-order valence-corrected chi connectivity index (χ3v) is 5.59. The highest BCUT2D eigenvalue weighted by atomic mass is 16.5. The molecule has 1 aliphatic carbocycles. The first-order chi connectivity index (χ1) is 13.1. The van der Waals surface area contributed by atoms with E-state index in [2.05, 4.69) is 31.2 Å². The van der Waals surface area contributed by atoms with Crippen molar-refractivity contribution in [2.45, 2.75) is 32.6 Å². The standard InChI is InChI=1S/C23H23NO3/c1-3-27-23(26)24-21-7-5-4-6-18(21)20-12-17(14-25)19(13-22(20)24)16-10-8-15(2)9-11-16/h4-11,14,17,19H,3,12-13H2,1-2H3/t17-,19+/m0/s1. The fourth-order valence-corrected chi connectivity index (χ4v) is 4.26. The smallest absolute Gasteiger partial charge is 0.418 e. The Labute approximate surface area is 158 Å². The fourth-order valence-electron chi connectivity index (χ4n) is 4.26. The maximum Gasteiger partial charge on any atom is 0.418 e. The summed E-state index contributed by atoms with van der Waals surface area (Å²) in [5, 5.41) is 1.04. The first kappa shape index (κ1) is 17.5. The molecule has 4 heteroatoms. The van der Waals surface area contributed by atoms with Crippen LogP contribution in [0, 0.1) is 12.8 Å². The minimum atomic E-state index is -0.345. The van der Waals surface area contributed by atoms with Crippen LogP contribution in [0.2, 0.25) is 0 Å². The highest BCUT2D eigenvalue weighted by molar-refractivity contribution is 5.94. The number of fused-ring (bicyclic) bond motifs is 3. The van der Waals surface area contributed by atoms with E-state index in [0.717, 1.165) is 34.0 Å². The predicted molar refractivity (Wildman–Crippen MR) is 105 cm³/mol. The van der Waals surface area contributed by atoms with Gasteiger partial charge in [-0.15, -0.1) is 0 Å². The number of aromatic nitrogens is 1. The molecule has 0 amide bonds. The molecular formula is C23H23NO3. The number of rotatable bonds is 3. The van der Waals surface area contributed by atoms with Gasteiger partial charge in [0, 0.05) is 17.0 Å². The van der Waals surface area contributed by atoms with E-state index in [0.29, 0.717) is 19.4 Å². The Morgan fingerprint density at radius 1 is 1.15 bits per heavy atom. The fraction of sp³-hybridized carbons (Fsp3) is 0.304. The van der Waals surface area contributed by atoms with Crippen molar-refractivity contribution < 1.29 is 14.3 Å². The number of carbonyl (C=O) groups is 2. The zero-order valence-corrected chi connectivity index (χ0v) is 15.6. The van der Waals surface area contributed by atoms with Gasteiger partial charge < -0.3 is 9.53 Å². The molecule has 0 unspecified atom stereocenters. The van der Waals surface area contributed by atoms with Gasteiger partial charge in [-0.25, -0.2) is 9.36 Å². The summed E-state index contributed by atoms with van der Waals surface area (Å²) in [6.07, 6.45) is 2.02. The number of benzene rings is 2. The van der Waals surface area contributed by atoms with E-state index in [1.54, 1.807) is 4.57 Å². The van der Waals surface area contributed by atoms with Crippen LogP contribution in [0.25, 0.3) is 10.9 Å². The number of hydrogen-bond donors (Lipinski definition) is 0. The number of ether oxygens (including phenoxy) is 1. The van der Waals surface area contributed by atoms with Gasteiger partial charge in [-0.05, 0) is 49.8 Å². The van der Waals surface area contributed by atoms with Gasteiger partial charge in [-0.3, -0.25) is 0 Å². The molecule has 1 aromatic heterocycles. The van der Waals surface area contributed by atoms with Gasteiger partial charge in [0.05, 0.1) is 12.1 Å². The van der Waals surface area contributed by atoms with Crippen molar-refractivity contribution in [2.24, 2.45) is 5.92 Å². The zero-order chi connectivity index (χ0) is 19.0. The van der Waals surface area contributed by atoms with E-state index in [1.807, 2.05) is 31.2 Å². The Hall–Kier alpha value is -2.88. The SMILES string of the molecule is CCOC(=O)n1c2c(c3ccccc31)C[C@@H](C=O)[C@@H](c1ccc(C)cc1)C2. The molecule has 4 nitrogen and oxygen atoms in total. The molecule has 1 heterocycles. The molecule has 3 aromatic rings. The van der Waals surface area contributed by atoms with Crippen molar-refractivity contribution in [2.75, 3.05) is 6.61 Å². The molecule has 0 radical (unpaired) electrons. The van der Waals surface area contributed by atoms with Crippen LogP contribution in [0.5, 0.6) is 0 Å². The van der Waals surface area contributed by atoms with Gasteiger partial charge in [-0.1, -0.05) is 48.0 Å². The second-order valence-corrected chi connectivity index (χ2v) is 7.20. The second-order valence-electron chi connectivity index (χ2n) is 7.20. The second kappa shape index (κ2) is 7.03. The van der Waals surface area contributed by atoms with E-state index in [9.17, 15) is 9.59 Å². The van der Waals surface area contributed by atoms with E-state index in [-0.39, 0.29) is 17.9 Å². The van der Waals surface area contributed by atoms with Crippen LogP contribution in [0.3, 0.4) is 0 Å². The van der Waals surface area contributed by atoms with Gasteiger partial charge in [-0.2, -0.15) is 0 Å². The van der Waals surface area contributed by atoms with Gasteiger partial charge in [0.1, 0.15) is 6.29 Å². The number of carbonyl (C=O) groups excluding carboxylic acids is 2. The Bertz CT molecular complexity index is 1000. The minimum Gasteiger partial charge on any atom is -0.449 e. The lowest BCUT2D eigenvalue weighted by atomic mass is 9.75. The number of para-hydroxylation sites is 1. The highest BCUT2D eigenvalue weighted by Crippen LogP contribution is 2.41. The molecule has 0 spiro atoms. The summed E-state index contributed by atoms with van der Waals surface area (Å²) >= 11 is 0. The highest BCUT2D eigenvalue weighted by Gasteiger charge is 2.34. The summed E-state index contributed by atoms with van der Waals surface area (Å²) < 4.78 is 7.03. The molecular weight excluding hydrogens is 338 g/mol. The van der Waals surface area contributed by atoms with Gasteiger partial charge >= 0.3 is 6.09 Å². The van der Waals surface area contributed by atoms with Crippen LogP contribution >= 0.6 is 0 Å². The summed E-state index contributed by atoms with van der Waals surface area (Å²) in [5.41, 5.74) is 5.26. The zero-order valence-electron chi connectivity index (χ0n) is 15.6. The van der Waals surface area contributed by atoms with Crippen LogP contribution in [-0.2, 0) is 22.4 Å². The average molecular weight is 361 g/mol. The Kier molecular flexibility index (Phi) is 4.56. The van der Waals surface area contributed by atoms with Gasteiger partial charge in [0.15, 0.2) is 0 Å². The summed E-state index contributed by atoms with van der Waals surface area (Å²) in [6, 6.07) is 16.2. The van der Waals surface area contributed by atoms with Gasteiger partial charge in [0.2, 0.25) is 0 Å². The van der Waals surface area contributed by atoms with Crippen molar-refractivity contribution in [3.8, 4) is 0 Å². The van der Waals surface area contributed by atoms with E-state index in [4.69, 9.17) is 4.74 Å². The molecule has 138 valence electrons. The molecule has 0 fully saturated rings. The molecule has 27 heavy (non-hydrogen) atoms. The maximum absolute atomic E-state index is 12.7. The normalized spacial score (nSPS) is 18.9. The van der Waals surface area contributed by atoms with Crippen LogP contribution in [0.4, 0.5) is 4.79 Å². The first-order valence-corrected chi connectivity index (χ1v) is 9.44. The van der Waals surface area contributed by atoms with Crippen molar-refractivity contribution in [1.82, 2.24) is 4.57 Å². The molecule has 4 rings (SSSR count). The molecule has 0 bridgehead atoms. The topological polar surface area (TPSA) is 48.3 Å². The van der Waals surface area contributed by atoms with Crippen LogP contribution in [-0.4, -0.2) is 23.6 Å². The predicted octanol–water partition coefficient (Wildman–Crippen LogP) is 4.65. The third kappa shape index (κ3) is 2.95. The Morgan fingerprint density at radius 2 is 1.89 bits per heavy atom. The molecule has 0 saturated heterocycles. The molecule has 2 atom stereocenters. The molecule has 1 aliphatic rings.